The average molecular weight is 502 g/mol. The second-order valence-corrected chi connectivity index (χ2v) is 6.41. The van der Waals surface area contributed by atoms with Gasteiger partial charge in [-0.1, -0.05) is 29.3 Å². The summed E-state index contributed by atoms with van der Waals surface area (Å²) in [6, 6.07) is 5.45. The van der Waals surface area contributed by atoms with E-state index in [0.29, 0.717) is 16.6 Å². The molecule has 0 aliphatic carbocycles. The summed E-state index contributed by atoms with van der Waals surface area (Å²) >= 11 is 12.1. The van der Waals surface area contributed by atoms with Crippen LogP contribution in [0.3, 0.4) is 0 Å². The van der Waals surface area contributed by atoms with E-state index in [2.05, 4.69) is 15.6 Å². The molecule has 1 aliphatic heterocycles. The molecule has 1 fully saturated rings. The van der Waals surface area contributed by atoms with Gasteiger partial charge < -0.3 is 20.1 Å². The van der Waals surface area contributed by atoms with E-state index in [1.54, 1.807) is 6.07 Å². The van der Waals surface area contributed by atoms with Crippen LogP contribution in [0.25, 0.3) is 0 Å². The molecule has 2 rings (SSSR count). The molecular weight excluding hydrogens is 476 g/mol. The van der Waals surface area contributed by atoms with Crippen molar-refractivity contribution in [2.75, 3.05) is 32.9 Å². The standard InChI is InChI=1S/C17H25Cl2N3O2.HI/c1-2-20-17(21-7-3-8-24-15-6-9-23-12-15)22-11-13-4-5-14(18)10-16(13)19;/h4-5,10,15H,2-3,6-9,11-12H2,1H3,(H2,20,21,22);1H. The summed E-state index contributed by atoms with van der Waals surface area (Å²) in [5, 5.41) is 7.79. The molecule has 0 aromatic heterocycles. The summed E-state index contributed by atoms with van der Waals surface area (Å²) in [7, 11) is 0. The third-order valence-electron chi connectivity index (χ3n) is 3.62. The van der Waals surface area contributed by atoms with E-state index in [1.165, 1.54) is 0 Å². The van der Waals surface area contributed by atoms with Crippen LogP contribution in [-0.4, -0.2) is 45.0 Å². The minimum atomic E-state index is 0. The molecule has 5 nitrogen and oxygen atoms in total. The maximum atomic E-state index is 6.18. The van der Waals surface area contributed by atoms with E-state index in [1.807, 2.05) is 19.1 Å². The van der Waals surface area contributed by atoms with Gasteiger partial charge in [0.1, 0.15) is 0 Å². The van der Waals surface area contributed by atoms with E-state index in [9.17, 15) is 0 Å². The molecule has 0 bridgehead atoms. The first kappa shape index (κ1) is 22.8. The first-order chi connectivity index (χ1) is 11.7. The van der Waals surface area contributed by atoms with E-state index < -0.39 is 0 Å². The Hall–Kier alpha value is -0.280. The zero-order valence-corrected chi connectivity index (χ0v) is 18.2. The van der Waals surface area contributed by atoms with Gasteiger partial charge >= 0.3 is 0 Å². The van der Waals surface area contributed by atoms with Gasteiger partial charge in [0.2, 0.25) is 0 Å². The molecular formula is C17H26Cl2IN3O2. The Morgan fingerprint density at radius 1 is 1.36 bits per heavy atom. The molecule has 1 saturated heterocycles. The fraction of sp³-hybridized carbons (Fsp3) is 0.588. The van der Waals surface area contributed by atoms with Gasteiger partial charge in [-0.2, -0.15) is 0 Å². The van der Waals surface area contributed by atoms with Crippen molar-refractivity contribution in [3.05, 3.63) is 33.8 Å². The predicted molar refractivity (Wildman–Crippen MR) is 114 cm³/mol. The lowest BCUT2D eigenvalue weighted by Gasteiger charge is -2.13. The normalized spacial score (nSPS) is 17.2. The molecule has 0 amide bonds. The van der Waals surface area contributed by atoms with Gasteiger partial charge in [0.25, 0.3) is 0 Å². The number of guanidine groups is 1. The summed E-state index contributed by atoms with van der Waals surface area (Å²) < 4.78 is 11.0. The number of rotatable bonds is 8. The number of hydrogen-bond acceptors (Lipinski definition) is 3. The van der Waals surface area contributed by atoms with Gasteiger partial charge in [-0.15, -0.1) is 24.0 Å². The molecule has 1 heterocycles. The van der Waals surface area contributed by atoms with Crippen molar-refractivity contribution in [3.63, 3.8) is 0 Å². The van der Waals surface area contributed by atoms with Crippen molar-refractivity contribution in [3.8, 4) is 0 Å². The van der Waals surface area contributed by atoms with Crippen molar-refractivity contribution in [2.24, 2.45) is 4.99 Å². The second kappa shape index (κ2) is 13.0. The SMILES string of the molecule is CCNC(=NCc1ccc(Cl)cc1Cl)NCCCOC1CCOC1.I. The third-order valence-corrected chi connectivity index (χ3v) is 4.21. The maximum absolute atomic E-state index is 6.18. The summed E-state index contributed by atoms with van der Waals surface area (Å²) in [5.74, 6) is 0.771. The molecule has 0 radical (unpaired) electrons. The molecule has 142 valence electrons. The lowest BCUT2D eigenvalue weighted by Crippen LogP contribution is -2.38. The highest BCUT2D eigenvalue weighted by Gasteiger charge is 2.15. The van der Waals surface area contributed by atoms with Gasteiger partial charge in [-0.05, 0) is 37.5 Å². The quantitative estimate of drug-likeness (QED) is 0.246. The monoisotopic (exact) mass is 501 g/mol. The highest BCUT2D eigenvalue weighted by atomic mass is 127. The molecule has 1 aromatic carbocycles. The van der Waals surface area contributed by atoms with Crippen LogP contribution in [0.5, 0.6) is 0 Å². The largest absolute Gasteiger partial charge is 0.379 e. The van der Waals surface area contributed by atoms with Crippen molar-refractivity contribution in [2.45, 2.75) is 32.4 Å². The number of benzene rings is 1. The molecule has 0 saturated carbocycles. The summed E-state index contributed by atoms with van der Waals surface area (Å²) in [6.07, 6.45) is 2.18. The Kier molecular flexibility index (Phi) is 11.8. The van der Waals surface area contributed by atoms with Crippen molar-refractivity contribution in [1.29, 1.82) is 0 Å². The fourth-order valence-corrected chi connectivity index (χ4v) is 2.80. The molecule has 1 aliphatic rings. The van der Waals surface area contributed by atoms with E-state index in [-0.39, 0.29) is 30.1 Å². The van der Waals surface area contributed by atoms with E-state index in [0.717, 1.165) is 57.3 Å². The van der Waals surface area contributed by atoms with E-state index >= 15 is 0 Å². The Morgan fingerprint density at radius 3 is 2.88 bits per heavy atom. The minimum absolute atomic E-state index is 0. The van der Waals surface area contributed by atoms with Crippen LogP contribution >= 0.6 is 47.2 Å². The topological polar surface area (TPSA) is 54.9 Å². The van der Waals surface area contributed by atoms with Crippen LogP contribution in [0.15, 0.2) is 23.2 Å². The van der Waals surface area contributed by atoms with Crippen molar-refractivity contribution >= 4 is 53.1 Å². The number of halogens is 3. The van der Waals surface area contributed by atoms with Crippen LogP contribution in [0, 0.1) is 0 Å². The Balaban J connectivity index is 0.00000312. The van der Waals surface area contributed by atoms with Gasteiger partial charge in [0.05, 0.1) is 19.3 Å². The summed E-state index contributed by atoms with van der Waals surface area (Å²) in [5.41, 5.74) is 0.947. The molecule has 25 heavy (non-hydrogen) atoms. The zero-order chi connectivity index (χ0) is 17.2. The van der Waals surface area contributed by atoms with Gasteiger partial charge in [0, 0.05) is 36.3 Å². The maximum Gasteiger partial charge on any atom is 0.191 e. The average Bonchev–Trinajstić information content (AvgIpc) is 3.07. The molecule has 8 heteroatoms. The second-order valence-electron chi connectivity index (χ2n) is 5.57. The first-order valence-electron chi connectivity index (χ1n) is 8.34. The highest BCUT2D eigenvalue weighted by Crippen LogP contribution is 2.21. The minimum Gasteiger partial charge on any atom is -0.379 e. The fourth-order valence-electron chi connectivity index (χ4n) is 2.33. The molecule has 1 atom stereocenters. The van der Waals surface area contributed by atoms with Crippen molar-refractivity contribution in [1.82, 2.24) is 10.6 Å². The van der Waals surface area contributed by atoms with Gasteiger partial charge in [0.15, 0.2) is 5.96 Å². The summed E-state index contributed by atoms with van der Waals surface area (Å²) in [4.78, 5) is 4.56. The molecule has 0 spiro atoms. The Morgan fingerprint density at radius 2 is 2.20 bits per heavy atom. The number of nitrogens with zero attached hydrogens (tertiary/aromatic N) is 1. The Bertz CT molecular complexity index is 541. The highest BCUT2D eigenvalue weighted by molar-refractivity contribution is 14.0. The van der Waals surface area contributed by atoms with Gasteiger partial charge in [-0.25, -0.2) is 4.99 Å². The molecule has 1 unspecified atom stereocenters. The lowest BCUT2D eigenvalue weighted by molar-refractivity contribution is 0.0420. The number of aliphatic imine (C=N–C) groups is 1. The number of ether oxygens (including phenoxy) is 2. The van der Waals surface area contributed by atoms with Crippen LogP contribution in [0.1, 0.15) is 25.3 Å². The van der Waals surface area contributed by atoms with Crippen LogP contribution in [-0.2, 0) is 16.0 Å². The summed E-state index contributed by atoms with van der Waals surface area (Å²) in [6.45, 7) is 6.40. The zero-order valence-electron chi connectivity index (χ0n) is 14.4. The molecule has 1 aromatic rings. The number of hydrogen-bond donors (Lipinski definition) is 2. The smallest absolute Gasteiger partial charge is 0.191 e. The first-order valence-corrected chi connectivity index (χ1v) is 9.10. The van der Waals surface area contributed by atoms with Crippen LogP contribution in [0.4, 0.5) is 0 Å². The van der Waals surface area contributed by atoms with Gasteiger partial charge in [-0.3, -0.25) is 0 Å². The lowest BCUT2D eigenvalue weighted by atomic mass is 10.2. The van der Waals surface area contributed by atoms with Crippen LogP contribution < -0.4 is 10.6 Å². The van der Waals surface area contributed by atoms with Crippen LogP contribution in [0.2, 0.25) is 10.0 Å². The van der Waals surface area contributed by atoms with E-state index in [4.69, 9.17) is 32.7 Å². The molecule has 2 N–H and O–H groups in total. The Labute approximate surface area is 176 Å². The van der Waals surface area contributed by atoms with Crippen molar-refractivity contribution < 1.29 is 9.47 Å². The predicted octanol–water partition coefficient (Wildman–Crippen LogP) is 3.86. The third kappa shape index (κ3) is 8.77. The number of nitrogens with one attached hydrogen (secondary N) is 2.